The third kappa shape index (κ3) is 5.11. The number of benzene rings is 1. The molecule has 0 unspecified atom stereocenters. The Labute approximate surface area is 177 Å². The lowest BCUT2D eigenvalue weighted by molar-refractivity contribution is -0.896. The molecule has 162 valence electrons. The molecule has 0 aliphatic heterocycles. The summed E-state index contributed by atoms with van der Waals surface area (Å²) in [6, 6.07) is 10.4. The Morgan fingerprint density at radius 3 is 2.67 bits per heavy atom. The third-order valence-corrected chi connectivity index (χ3v) is 5.78. The Balaban J connectivity index is 1.75. The number of hydrogen-bond acceptors (Lipinski definition) is 2. The molecule has 2 N–H and O–H groups in total. The molecule has 0 radical (unpaired) electrons. The van der Waals surface area contributed by atoms with E-state index < -0.39 is 0 Å². The zero-order chi connectivity index (χ0) is 21.7. The van der Waals surface area contributed by atoms with Crippen LogP contribution in [0.5, 0.6) is 0 Å². The number of aryl methyl sites for hydroxylation is 1. The van der Waals surface area contributed by atoms with Gasteiger partial charge in [0.1, 0.15) is 17.3 Å². The van der Waals surface area contributed by atoms with Gasteiger partial charge < -0.3 is 19.2 Å². The molecule has 1 aromatic carbocycles. The number of nitrogens with zero attached hydrogens (tertiary/aromatic N) is 1. The van der Waals surface area contributed by atoms with Crippen LogP contribution >= 0.6 is 0 Å². The van der Waals surface area contributed by atoms with E-state index in [0.29, 0.717) is 16.8 Å². The third-order valence-electron chi connectivity index (χ3n) is 5.78. The quantitative estimate of drug-likeness (QED) is 0.533. The molecular formula is C24H33FN3O2+. The van der Waals surface area contributed by atoms with E-state index in [0.717, 1.165) is 43.8 Å². The zero-order valence-corrected chi connectivity index (χ0v) is 18.4. The Hall–Kier alpha value is -2.60. The molecule has 2 aromatic heterocycles. The number of rotatable bonds is 10. The number of halogens is 1. The number of furan rings is 1. The highest BCUT2D eigenvalue weighted by Crippen LogP contribution is 2.25. The average Bonchev–Trinajstić information content (AvgIpc) is 3.24. The highest BCUT2D eigenvalue weighted by Gasteiger charge is 2.20. The number of nitrogens with one attached hydrogen (secondary N) is 2. The van der Waals surface area contributed by atoms with Crippen molar-refractivity contribution in [3.05, 3.63) is 59.2 Å². The van der Waals surface area contributed by atoms with Gasteiger partial charge in [-0.05, 0) is 46.6 Å². The molecule has 1 amide bonds. The predicted octanol–water partition coefficient (Wildman–Crippen LogP) is 3.55. The van der Waals surface area contributed by atoms with Gasteiger partial charge in [0, 0.05) is 23.7 Å². The molecule has 0 spiro atoms. The minimum Gasteiger partial charge on any atom is -0.460 e. The van der Waals surface area contributed by atoms with Gasteiger partial charge in [0.15, 0.2) is 5.58 Å². The van der Waals surface area contributed by atoms with Crippen molar-refractivity contribution in [1.82, 2.24) is 9.88 Å². The summed E-state index contributed by atoms with van der Waals surface area (Å²) in [5.41, 5.74) is 2.48. The summed E-state index contributed by atoms with van der Waals surface area (Å²) in [7, 11) is 0. The van der Waals surface area contributed by atoms with Crippen LogP contribution in [0, 0.1) is 12.7 Å². The number of carbonyl (C=O) groups excluding carboxylic acids is 1. The Morgan fingerprint density at radius 1 is 1.23 bits per heavy atom. The number of fused-ring (bicyclic) bond motifs is 1. The summed E-state index contributed by atoms with van der Waals surface area (Å²) < 4.78 is 21.8. The minimum absolute atomic E-state index is 0.0670. The fraction of sp³-hybridized carbons (Fsp3) is 0.458. The smallest absolute Gasteiger partial charge is 0.268 e. The lowest BCUT2D eigenvalue weighted by Gasteiger charge is -2.18. The normalized spacial score (nSPS) is 12.6. The first-order valence-corrected chi connectivity index (χ1v) is 10.9. The molecule has 30 heavy (non-hydrogen) atoms. The van der Waals surface area contributed by atoms with E-state index >= 15 is 0 Å². The molecule has 0 aliphatic carbocycles. The van der Waals surface area contributed by atoms with Crippen LogP contribution in [0.1, 0.15) is 55.4 Å². The van der Waals surface area contributed by atoms with E-state index in [-0.39, 0.29) is 24.3 Å². The van der Waals surface area contributed by atoms with Crippen molar-refractivity contribution in [3.63, 3.8) is 0 Å². The molecule has 1 atom stereocenters. The summed E-state index contributed by atoms with van der Waals surface area (Å²) in [4.78, 5) is 14.6. The molecule has 3 rings (SSSR count). The second-order valence-electron chi connectivity index (χ2n) is 8.04. The van der Waals surface area contributed by atoms with E-state index in [1.165, 1.54) is 6.07 Å². The van der Waals surface area contributed by atoms with E-state index in [4.69, 9.17) is 4.42 Å². The molecule has 2 heterocycles. The first kappa shape index (κ1) is 22.1. The Bertz CT molecular complexity index is 988. The van der Waals surface area contributed by atoms with E-state index in [1.54, 1.807) is 29.2 Å². The van der Waals surface area contributed by atoms with Crippen LogP contribution in [0.3, 0.4) is 0 Å². The highest BCUT2D eigenvalue weighted by atomic mass is 19.1. The summed E-state index contributed by atoms with van der Waals surface area (Å²) in [6.45, 7) is 11.9. The van der Waals surface area contributed by atoms with Gasteiger partial charge in [-0.2, -0.15) is 0 Å². The molecule has 0 fully saturated rings. The van der Waals surface area contributed by atoms with Crippen LogP contribution in [0.4, 0.5) is 4.39 Å². The van der Waals surface area contributed by atoms with Crippen LogP contribution in [0.25, 0.3) is 11.1 Å². The monoisotopic (exact) mass is 414 g/mol. The second-order valence-corrected chi connectivity index (χ2v) is 8.04. The summed E-state index contributed by atoms with van der Waals surface area (Å²) in [5, 5.41) is 3.11. The Kier molecular flexibility index (Phi) is 7.32. The fourth-order valence-corrected chi connectivity index (χ4v) is 3.95. The van der Waals surface area contributed by atoms with Gasteiger partial charge in [0.05, 0.1) is 31.7 Å². The number of hydrogen-bond donors (Lipinski definition) is 2. The van der Waals surface area contributed by atoms with E-state index in [1.807, 2.05) is 24.5 Å². The van der Waals surface area contributed by atoms with Crippen LogP contribution in [0.15, 0.2) is 40.8 Å². The summed E-state index contributed by atoms with van der Waals surface area (Å²) in [5.74, 6) is 0.331. The van der Waals surface area contributed by atoms with Crippen molar-refractivity contribution in [1.29, 1.82) is 0 Å². The predicted molar refractivity (Wildman–Crippen MR) is 118 cm³/mol. The number of carbonyl (C=O) groups is 1. The van der Waals surface area contributed by atoms with Crippen molar-refractivity contribution in [2.75, 3.05) is 19.6 Å². The van der Waals surface area contributed by atoms with Crippen molar-refractivity contribution < 1.29 is 18.5 Å². The second kappa shape index (κ2) is 9.94. The number of aromatic nitrogens is 1. The maximum Gasteiger partial charge on any atom is 0.268 e. The van der Waals surface area contributed by atoms with E-state index in [9.17, 15) is 9.18 Å². The molecule has 6 heteroatoms. The van der Waals surface area contributed by atoms with Crippen LogP contribution < -0.4 is 10.2 Å². The van der Waals surface area contributed by atoms with E-state index in [2.05, 4.69) is 19.2 Å². The molecular weight excluding hydrogens is 381 g/mol. The van der Waals surface area contributed by atoms with Gasteiger partial charge in [-0.25, -0.2) is 4.39 Å². The van der Waals surface area contributed by atoms with Crippen molar-refractivity contribution >= 4 is 17.0 Å². The fourth-order valence-electron chi connectivity index (χ4n) is 3.95. The molecule has 0 bridgehead atoms. The van der Waals surface area contributed by atoms with Crippen molar-refractivity contribution in [2.45, 2.75) is 53.1 Å². The standard InChI is InChI=1S/C24H32FN3O2/c1-5-27(6-2)13-9-10-17(3)26-24(29)22-15-23-21(14-18(4)30-23)28(22)16-19-11-7-8-12-20(19)25/h7-8,11-12,14-15,17H,5-6,9-10,13,16H2,1-4H3,(H,26,29)/p+1/t17-/m0/s1. The topological polar surface area (TPSA) is 51.6 Å². The number of quaternary nitrogens is 1. The van der Waals surface area contributed by atoms with Gasteiger partial charge in [-0.3, -0.25) is 4.79 Å². The molecule has 5 nitrogen and oxygen atoms in total. The van der Waals surface area contributed by atoms with Gasteiger partial charge in [0.2, 0.25) is 0 Å². The first-order valence-electron chi connectivity index (χ1n) is 10.9. The molecule has 3 aromatic rings. The number of amides is 1. The SMILES string of the molecule is CC[NH+](CC)CCC[C@H](C)NC(=O)c1cc2oc(C)cc2n1Cc1ccccc1F. The molecule has 0 saturated carbocycles. The zero-order valence-electron chi connectivity index (χ0n) is 18.4. The summed E-state index contributed by atoms with van der Waals surface area (Å²) >= 11 is 0. The molecule has 0 aliphatic rings. The van der Waals surface area contributed by atoms with Gasteiger partial charge in [-0.1, -0.05) is 18.2 Å². The average molecular weight is 415 g/mol. The van der Waals surface area contributed by atoms with Gasteiger partial charge in [-0.15, -0.1) is 0 Å². The van der Waals surface area contributed by atoms with Crippen LogP contribution in [0.2, 0.25) is 0 Å². The van der Waals surface area contributed by atoms with Gasteiger partial charge >= 0.3 is 0 Å². The Morgan fingerprint density at radius 2 is 1.97 bits per heavy atom. The molecule has 0 saturated heterocycles. The van der Waals surface area contributed by atoms with Crippen LogP contribution in [-0.4, -0.2) is 36.2 Å². The largest absolute Gasteiger partial charge is 0.460 e. The lowest BCUT2D eigenvalue weighted by Crippen LogP contribution is -3.11. The maximum atomic E-state index is 14.3. The maximum absolute atomic E-state index is 14.3. The first-order chi connectivity index (χ1) is 14.4. The minimum atomic E-state index is -0.279. The van der Waals surface area contributed by atoms with Gasteiger partial charge in [0.25, 0.3) is 5.91 Å². The van der Waals surface area contributed by atoms with Crippen LogP contribution in [-0.2, 0) is 6.54 Å². The van der Waals surface area contributed by atoms with Crippen molar-refractivity contribution in [3.8, 4) is 0 Å². The highest BCUT2D eigenvalue weighted by molar-refractivity contribution is 5.97. The lowest BCUT2D eigenvalue weighted by atomic mass is 10.1. The summed E-state index contributed by atoms with van der Waals surface area (Å²) in [6.07, 6.45) is 1.99. The van der Waals surface area contributed by atoms with Crippen molar-refractivity contribution in [2.24, 2.45) is 0 Å².